The van der Waals surface area contributed by atoms with Crippen LogP contribution in [0.25, 0.3) is 0 Å². The highest BCUT2D eigenvalue weighted by Gasteiger charge is 2.19. The molecule has 4 aromatic rings. The van der Waals surface area contributed by atoms with E-state index in [0.717, 1.165) is 33.8 Å². The van der Waals surface area contributed by atoms with Crippen molar-refractivity contribution in [2.45, 2.75) is 24.9 Å². The van der Waals surface area contributed by atoms with Crippen LogP contribution >= 0.6 is 22.7 Å². The predicted octanol–water partition coefficient (Wildman–Crippen LogP) is 2.80. The lowest BCUT2D eigenvalue weighted by atomic mass is 10.1. The molecule has 7 N–H and O–H groups in total. The first-order valence-corrected chi connectivity index (χ1v) is 14.4. The number of nitrogens with zero attached hydrogens (tertiary/aromatic N) is 2. The normalized spacial score (nSPS) is 11.7. The fourth-order valence-corrected chi connectivity index (χ4v) is 4.89. The van der Waals surface area contributed by atoms with Crippen LogP contribution in [0.3, 0.4) is 0 Å². The molecule has 0 fully saturated rings. The number of aromatic carboxylic acids is 1. The van der Waals surface area contributed by atoms with Gasteiger partial charge in [-0.05, 0) is 23.6 Å². The summed E-state index contributed by atoms with van der Waals surface area (Å²) in [5, 5.41) is 17.3. The maximum atomic E-state index is 12.1. The van der Waals surface area contributed by atoms with Crippen molar-refractivity contribution in [3.8, 4) is 5.75 Å². The Kier molecular flexibility index (Phi) is 12.3. The topological polar surface area (TPSA) is 209 Å². The standard InChI is InChI=1S/C15H17N3O4S.C13H13N3O3S/c1-21-12-6-4-3-5-9(12)7-10(16)13(19)18-15-17-11(8-23-15)14(20)22-2;14-9(6-8-4-2-1-3-5-8)11(17)16-13-15-10(7-20-13)12(18)19/h3-6,8,10H,7,16H2,1-2H3,(H,17,18,19);1-5,7,9H,6,14H2,(H,18,19)(H,15,16,17)/t10-;9-/m00/s1. The van der Waals surface area contributed by atoms with Gasteiger partial charge in [0.25, 0.3) is 0 Å². The van der Waals surface area contributed by atoms with E-state index in [1.807, 2.05) is 54.6 Å². The molecular formula is C28H30N6O7S2. The van der Waals surface area contributed by atoms with E-state index in [1.165, 1.54) is 17.9 Å². The third kappa shape index (κ3) is 9.96. The molecule has 0 saturated carbocycles. The number of carboxylic acid groups (broad SMARTS) is 1. The zero-order valence-electron chi connectivity index (χ0n) is 23.2. The molecule has 2 aromatic carbocycles. The summed E-state index contributed by atoms with van der Waals surface area (Å²) in [5.74, 6) is -1.78. The highest BCUT2D eigenvalue weighted by molar-refractivity contribution is 7.14. The molecule has 13 nitrogen and oxygen atoms in total. The smallest absolute Gasteiger partial charge is 0.357 e. The molecule has 2 amide bonds. The van der Waals surface area contributed by atoms with E-state index < -0.39 is 24.0 Å². The molecule has 0 radical (unpaired) electrons. The Morgan fingerprint density at radius 2 is 1.35 bits per heavy atom. The van der Waals surface area contributed by atoms with Crippen molar-refractivity contribution >= 4 is 56.7 Å². The second-order valence-corrected chi connectivity index (χ2v) is 10.5. The van der Waals surface area contributed by atoms with Crippen molar-refractivity contribution in [3.63, 3.8) is 0 Å². The van der Waals surface area contributed by atoms with Crippen LogP contribution < -0.4 is 26.8 Å². The van der Waals surface area contributed by atoms with E-state index in [-0.39, 0.29) is 28.3 Å². The van der Waals surface area contributed by atoms with E-state index in [0.29, 0.717) is 23.7 Å². The van der Waals surface area contributed by atoms with Crippen LogP contribution in [0.2, 0.25) is 0 Å². The average molecular weight is 627 g/mol. The van der Waals surface area contributed by atoms with Crippen molar-refractivity contribution in [1.82, 2.24) is 9.97 Å². The lowest BCUT2D eigenvalue weighted by Crippen LogP contribution is -2.37. The van der Waals surface area contributed by atoms with Crippen LogP contribution in [0.5, 0.6) is 5.75 Å². The van der Waals surface area contributed by atoms with Crippen molar-refractivity contribution in [1.29, 1.82) is 0 Å². The van der Waals surface area contributed by atoms with Gasteiger partial charge in [0.05, 0.1) is 26.3 Å². The molecule has 43 heavy (non-hydrogen) atoms. The molecular weight excluding hydrogens is 596 g/mol. The number of esters is 1. The molecule has 2 heterocycles. The molecule has 0 saturated heterocycles. The van der Waals surface area contributed by atoms with E-state index in [4.69, 9.17) is 21.3 Å². The van der Waals surface area contributed by atoms with Crippen LogP contribution in [-0.4, -0.2) is 65.1 Å². The van der Waals surface area contributed by atoms with Crippen LogP contribution in [0, 0.1) is 0 Å². The van der Waals surface area contributed by atoms with Gasteiger partial charge in [-0.15, -0.1) is 22.7 Å². The van der Waals surface area contributed by atoms with Crippen molar-refractivity contribution in [3.05, 3.63) is 87.9 Å². The third-order valence-electron chi connectivity index (χ3n) is 5.69. The summed E-state index contributed by atoms with van der Waals surface area (Å²) in [5.41, 5.74) is 13.6. The number of benzene rings is 2. The summed E-state index contributed by atoms with van der Waals surface area (Å²) in [7, 11) is 2.83. The lowest BCUT2D eigenvalue weighted by Gasteiger charge is -2.13. The minimum absolute atomic E-state index is 0.0954. The van der Waals surface area contributed by atoms with Gasteiger partial charge in [0.15, 0.2) is 21.7 Å². The zero-order valence-corrected chi connectivity index (χ0v) is 24.8. The lowest BCUT2D eigenvalue weighted by molar-refractivity contribution is -0.118. The zero-order chi connectivity index (χ0) is 31.4. The summed E-state index contributed by atoms with van der Waals surface area (Å²) in [4.78, 5) is 53.8. The van der Waals surface area contributed by atoms with E-state index in [9.17, 15) is 19.2 Å². The molecule has 226 valence electrons. The summed E-state index contributed by atoms with van der Waals surface area (Å²) in [6, 6.07) is 15.3. The van der Waals surface area contributed by atoms with Gasteiger partial charge in [-0.1, -0.05) is 48.5 Å². The number of methoxy groups -OCH3 is 2. The number of amides is 2. The molecule has 4 rings (SSSR count). The van der Waals surface area contributed by atoms with Gasteiger partial charge in [0.1, 0.15) is 5.75 Å². The Morgan fingerprint density at radius 3 is 1.91 bits per heavy atom. The third-order valence-corrected chi connectivity index (χ3v) is 7.20. The Morgan fingerprint density at radius 1 is 0.814 bits per heavy atom. The number of rotatable bonds is 11. The highest BCUT2D eigenvalue weighted by Crippen LogP contribution is 2.20. The molecule has 0 aliphatic heterocycles. The molecule has 2 atom stereocenters. The van der Waals surface area contributed by atoms with Gasteiger partial charge < -0.3 is 36.7 Å². The monoisotopic (exact) mass is 626 g/mol. The fraction of sp³-hybridized carbons (Fsp3) is 0.214. The first kappa shape index (κ1) is 32.8. The van der Waals surface area contributed by atoms with Crippen LogP contribution in [0.15, 0.2) is 65.4 Å². The predicted molar refractivity (Wildman–Crippen MR) is 163 cm³/mol. The minimum Gasteiger partial charge on any atom is -0.496 e. The average Bonchev–Trinajstić information content (AvgIpc) is 3.68. The molecule has 15 heteroatoms. The van der Waals surface area contributed by atoms with Gasteiger partial charge >= 0.3 is 11.9 Å². The summed E-state index contributed by atoms with van der Waals surface area (Å²) >= 11 is 2.18. The van der Waals surface area contributed by atoms with Crippen LogP contribution in [0.1, 0.15) is 32.1 Å². The number of nitrogens with one attached hydrogen (secondary N) is 2. The SMILES string of the molecule is COC(=O)c1csc(NC(=O)[C@@H](N)Cc2ccccc2OC)n1.N[C@@H](Cc1ccccc1)C(=O)Nc1nc(C(=O)O)cs1. The van der Waals surface area contributed by atoms with Crippen LogP contribution in [-0.2, 0) is 27.2 Å². The van der Waals surface area contributed by atoms with Crippen molar-refractivity contribution in [2.75, 3.05) is 24.9 Å². The summed E-state index contributed by atoms with van der Waals surface area (Å²) < 4.78 is 9.80. The Balaban J connectivity index is 0.000000238. The number of hydrogen-bond acceptors (Lipinski definition) is 12. The van der Waals surface area contributed by atoms with Crippen molar-refractivity contribution in [2.24, 2.45) is 11.5 Å². The summed E-state index contributed by atoms with van der Waals surface area (Å²) in [6.07, 6.45) is 0.731. The maximum Gasteiger partial charge on any atom is 0.357 e. The maximum absolute atomic E-state index is 12.1. The van der Waals surface area contributed by atoms with Gasteiger partial charge in [-0.2, -0.15) is 0 Å². The number of carbonyl (C=O) groups excluding carboxylic acids is 3. The molecule has 2 aromatic heterocycles. The van der Waals surface area contributed by atoms with Crippen LogP contribution in [0.4, 0.5) is 10.3 Å². The molecule has 0 unspecified atom stereocenters. The van der Waals surface area contributed by atoms with E-state index >= 15 is 0 Å². The number of aromatic nitrogens is 2. The number of anilines is 2. The molecule has 0 aliphatic carbocycles. The first-order chi connectivity index (χ1) is 20.6. The first-order valence-electron chi connectivity index (χ1n) is 12.6. The number of carboxylic acids is 1. The Bertz CT molecular complexity index is 1540. The van der Waals surface area contributed by atoms with Gasteiger partial charge in [-0.3, -0.25) is 9.59 Å². The van der Waals surface area contributed by atoms with E-state index in [1.54, 1.807) is 7.11 Å². The highest BCUT2D eigenvalue weighted by atomic mass is 32.1. The van der Waals surface area contributed by atoms with Gasteiger partial charge in [0.2, 0.25) is 11.8 Å². The van der Waals surface area contributed by atoms with E-state index in [2.05, 4.69) is 25.3 Å². The summed E-state index contributed by atoms with van der Waals surface area (Å²) in [6.45, 7) is 0. The number of thiazole rings is 2. The largest absolute Gasteiger partial charge is 0.496 e. The molecule has 0 aliphatic rings. The second-order valence-electron chi connectivity index (χ2n) is 8.77. The Hall–Kier alpha value is -4.70. The number of nitrogens with two attached hydrogens (primary N) is 2. The number of ether oxygens (including phenoxy) is 2. The minimum atomic E-state index is -1.13. The second kappa shape index (κ2) is 16.1. The Labute approximate surface area is 254 Å². The van der Waals surface area contributed by atoms with Gasteiger partial charge in [-0.25, -0.2) is 19.6 Å². The quantitative estimate of drug-likeness (QED) is 0.153. The fourth-order valence-electron chi connectivity index (χ4n) is 3.52. The van der Waals surface area contributed by atoms with Gasteiger partial charge in [0, 0.05) is 17.2 Å². The molecule has 0 bridgehead atoms. The van der Waals surface area contributed by atoms with Crippen molar-refractivity contribution < 1.29 is 33.8 Å². The number of hydrogen-bond donors (Lipinski definition) is 5. The molecule has 0 spiro atoms. The number of carbonyl (C=O) groups is 4. The number of para-hydroxylation sites is 1.